The highest BCUT2D eigenvalue weighted by atomic mass is 16.6. The van der Waals surface area contributed by atoms with E-state index in [2.05, 4.69) is 5.16 Å². The summed E-state index contributed by atoms with van der Waals surface area (Å²) in [5.74, 6) is 0.636. The predicted octanol–water partition coefficient (Wildman–Crippen LogP) is 1.77. The molecule has 0 aliphatic carbocycles. The van der Waals surface area contributed by atoms with Gasteiger partial charge in [0.25, 0.3) is 0 Å². The van der Waals surface area contributed by atoms with Gasteiger partial charge < -0.3 is 4.84 Å². The van der Waals surface area contributed by atoms with Gasteiger partial charge in [-0.2, -0.15) is 0 Å². The minimum Gasteiger partial charge on any atom is -0.394 e. The summed E-state index contributed by atoms with van der Waals surface area (Å²) in [7, 11) is 1.72. The molecule has 5 nitrogen and oxygen atoms in total. The monoisotopic (exact) mass is 223 g/mol. The predicted molar refractivity (Wildman–Crippen MR) is 60.8 cm³/mol. The van der Waals surface area contributed by atoms with Crippen molar-refractivity contribution in [3.8, 4) is 0 Å². The van der Waals surface area contributed by atoms with E-state index in [0.29, 0.717) is 12.4 Å². The summed E-state index contributed by atoms with van der Waals surface area (Å²) in [5.41, 5.74) is 0.839. The number of carbonyl (C=O) groups is 1. The molecule has 0 saturated heterocycles. The molecule has 0 aromatic heterocycles. The molecule has 2 rings (SSSR count). The van der Waals surface area contributed by atoms with E-state index in [4.69, 9.17) is 4.84 Å². The summed E-state index contributed by atoms with van der Waals surface area (Å²) >= 11 is 0. The first-order valence-corrected chi connectivity index (χ1v) is 5.39. The summed E-state index contributed by atoms with van der Waals surface area (Å²) < 4.78 is 0. The van der Waals surface area contributed by atoms with Crippen molar-refractivity contribution in [1.29, 1.82) is 0 Å². The van der Waals surface area contributed by atoms with Crippen molar-refractivity contribution >= 4 is 11.9 Å². The highest BCUT2D eigenvalue weighted by Gasteiger charge is 2.36. The molecule has 0 aromatic rings. The molecule has 2 heterocycles. The van der Waals surface area contributed by atoms with Crippen molar-refractivity contribution in [1.82, 2.24) is 9.80 Å². The van der Waals surface area contributed by atoms with Crippen molar-refractivity contribution in [3.05, 3.63) is 11.8 Å². The molecule has 16 heavy (non-hydrogen) atoms. The van der Waals surface area contributed by atoms with Crippen LogP contribution in [0.4, 0.5) is 4.79 Å². The number of amidine groups is 1. The Balaban J connectivity index is 2.42. The Morgan fingerprint density at radius 1 is 1.44 bits per heavy atom. The van der Waals surface area contributed by atoms with Gasteiger partial charge in [-0.25, -0.2) is 4.79 Å². The molecule has 0 unspecified atom stereocenters. The molecule has 2 amide bonds. The Morgan fingerprint density at radius 2 is 2.12 bits per heavy atom. The molecule has 0 fully saturated rings. The second-order valence-electron chi connectivity index (χ2n) is 5.03. The first kappa shape index (κ1) is 11.0. The molecule has 0 bridgehead atoms. The topological polar surface area (TPSA) is 45.1 Å². The van der Waals surface area contributed by atoms with Gasteiger partial charge in [0.15, 0.2) is 5.84 Å². The Morgan fingerprint density at radius 3 is 2.75 bits per heavy atom. The number of likely N-dealkylation sites (N-methyl/N-ethyl adjacent to an activating group) is 1. The number of amides is 2. The zero-order valence-electron chi connectivity index (χ0n) is 10.1. The van der Waals surface area contributed by atoms with Crippen molar-refractivity contribution in [2.24, 2.45) is 5.16 Å². The lowest BCUT2D eigenvalue weighted by Crippen LogP contribution is -2.53. The lowest BCUT2D eigenvalue weighted by atomic mass is 10.0. The minimum absolute atomic E-state index is 0.0690. The molecule has 88 valence electrons. The van der Waals surface area contributed by atoms with Crippen molar-refractivity contribution in [2.75, 3.05) is 13.7 Å². The van der Waals surface area contributed by atoms with Gasteiger partial charge in [0.05, 0.1) is 0 Å². The third-order valence-electron chi connectivity index (χ3n) is 2.72. The molecule has 0 atom stereocenters. The van der Waals surface area contributed by atoms with E-state index in [1.165, 1.54) is 0 Å². The molecule has 5 heteroatoms. The van der Waals surface area contributed by atoms with Gasteiger partial charge >= 0.3 is 6.03 Å². The maximum absolute atomic E-state index is 12.1. The van der Waals surface area contributed by atoms with Crippen molar-refractivity contribution in [2.45, 2.75) is 32.7 Å². The number of hydrogen-bond acceptors (Lipinski definition) is 3. The SMILES string of the molecule is CN1C(=O)N(C(C)(C)C)C=C2CCON=C21. The Kier molecular flexibility index (Phi) is 2.40. The van der Waals surface area contributed by atoms with Crippen LogP contribution in [0, 0.1) is 0 Å². The van der Waals surface area contributed by atoms with Crippen LogP contribution in [0.1, 0.15) is 27.2 Å². The van der Waals surface area contributed by atoms with Gasteiger partial charge in [0.1, 0.15) is 6.61 Å². The normalized spacial score (nSPS) is 21.1. The lowest BCUT2D eigenvalue weighted by Gasteiger charge is -2.40. The number of rotatable bonds is 0. The van der Waals surface area contributed by atoms with Crippen LogP contribution in [0.5, 0.6) is 0 Å². The van der Waals surface area contributed by atoms with E-state index < -0.39 is 0 Å². The largest absolute Gasteiger partial charge is 0.394 e. The molecule has 0 aromatic carbocycles. The third kappa shape index (κ3) is 1.66. The van der Waals surface area contributed by atoms with Gasteiger partial charge in [0, 0.05) is 30.8 Å². The number of hydrogen-bond donors (Lipinski definition) is 0. The van der Waals surface area contributed by atoms with Gasteiger partial charge in [-0.1, -0.05) is 5.16 Å². The van der Waals surface area contributed by atoms with Crippen LogP contribution < -0.4 is 0 Å². The van der Waals surface area contributed by atoms with Gasteiger partial charge in [-0.05, 0) is 20.8 Å². The van der Waals surface area contributed by atoms with Crippen LogP contribution in [0.25, 0.3) is 0 Å². The minimum atomic E-state index is -0.220. The number of oxime groups is 1. The van der Waals surface area contributed by atoms with Gasteiger partial charge in [-0.15, -0.1) is 0 Å². The number of urea groups is 1. The van der Waals surface area contributed by atoms with E-state index in [1.807, 2.05) is 27.0 Å². The molecule has 0 N–H and O–H groups in total. The second-order valence-corrected chi connectivity index (χ2v) is 5.03. The first-order chi connectivity index (χ1) is 7.41. The summed E-state index contributed by atoms with van der Waals surface area (Å²) in [6.07, 6.45) is 2.69. The lowest BCUT2D eigenvalue weighted by molar-refractivity contribution is 0.123. The number of fused-ring (bicyclic) bond motifs is 1. The summed E-state index contributed by atoms with van der Waals surface area (Å²) in [6.45, 7) is 6.61. The number of nitrogens with zero attached hydrogens (tertiary/aromatic N) is 3. The molecule has 0 radical (unpaired) electrons. The van der Waals surface area contributed by atoms with E-state index in [-0.39, 0.29) is 11.6 Å². The summed E-state index contributed by atoms with van der Waals surface area (Å²) in [5, 5.41) is 3.93. The van der Waals surface area contributed by atoms with Gasteiger partial charge in [-0.3, -0.25) is 9.80 Å². The van der Waals surface area contributed by atoms with E-state index in [1.54, 1.807) is 16.8 Å². The van der Waals surface area contributed by atoms with Crippen LogP contribution in [0.2, 0.25) is 0 Å². The zero-order chi connectivity index (χ0) is 11.9. The standard InChI is InChI=1S/C11H17N3O2/c1-11(2,3)14-7-8-5-6-16-12-9(8)13(4)10(14)15/h7H,5-6H2,1-4H3. The fourth-order valence-electron chi connectivity index (χ4n) is 1.78. The van der Waals surface area contributed by atoms with Crippen LogP contribution in [-0.2, 0) is 4.84 Å². The quantitative estimate of drug-likeness (QED) is 0.628. The average molecular weight is 223 g/mol. The molecule has 2 aliphatic heterocycles. The fourth-order valence-corrected chi connectivity index (χ4v) is 1.78. The Hall–Kier alpha value is -1.52. The molecule has 0 saturated carbocycles. The highest BCUT2D eigenvalue weighted by Crippen LogP contribution is 2.26. The molecule has 2 aliphatic rings. The smallest absolute Gasteiger partial charge is 0.330 e. The van der Waals surface area contributed by atoms with Crippen LogP contribution in [-0.4, -0.2) is 40.9 Å². The van der Waals surface area contributed by atoms with Crippen LogP contribution in [0.15, 0.2) is 16.9 Å². The van der Waals surface area contributed by atoms with E-state index >= 15 is 0 Å². The molecule has 0 spiro atoms. The highest BCUT2D eigenvalue weighted by molar-refractivity contribution is 6.09. The number of carbonyl (C=O) groups excluding carboxylic acids is 1. The van der Waals surface area contributed by atoms with E-state index in [9.17, 15) is 4.79 Å². The first-order valence-electron chi connectivity index (χ1n) is 5.39. The summed E-state index contributed by atoms with van der Waals surface area (Å²) in [4.78, 5) is 20.4. The molecular weight excluding hydrogens is 206 g/mol. The second kappa shape index (κ2) is 3.50. The summed E-state index contributed by atoms with van der Waals surface area (Å²) in [6, 6.07) is -0.0690. The maximum Gasteiger partial charge on any atom is 0.330 e. The maximum atomic E-state index is 12.1. The zero-order valence-corrected chi connectivity index (χ0v) is 10.1. The Labute approximate surface area is 95.3 Å². The van der Waals surface area contributed by atoms with Crippen LogP contribution in [0.3, 0.4) is 0 Å². The van der Waals surface area contributed by atoms with Crippen molar-refractivity contribution < 1.29 is 9.63 Å². The average Bonchev–Trinajstić information content (AvgIpc) is 2.22. The van der Waals surface area contributed by atoms with E-state index in [0.717, 1.165) is 12.0 Å². The Bertz CT molecular complexity index is 379. The third-order valence-corrected chi connectivity index (χ3v) is 2.72. The van der Waals surface area contributed by atoms with Crippen molar-refractivity contribution in [3.63, 3.8) is 0 Å². The van der Waals surface area contributed by atoms with Crippen LogP contribution >= 0.6 is 0 Å². The van der Waals surface area contributed by atoms with Gasteiger partial charge in [0.2, 0.25) is 0 Å². The molecular formula is C11H17N3O2. The fraction of sp³-hybridized carbons (Fsp3) is 0.636.